The van der Waals surface area contributed by atoms with Crippen molar-refractivity contribution >= 4 is 40.8 Å². The fourth-order valence-electron chi connectivity index (χ4n) is 8.97. The molecule has 2 aromatic rings. The molecule has 4 fully saturated rings. The number of piperazine rings is 1. The second kappa shape index (κ2) is 14.2. The smallest absolute Gasteiger partial charge is 0.322 e. The number of fused-ring (bicyclic) bond motifs is 3. The maximum atomic E-state index is 14.2. The Labute approximate surface area is 294 Å². The molecule has 5 aliphatic rings. The second-order valence-corrected chi connectivity index (χ2v) is 15.1. The first-order chi connectivity index (χ1) is 23.7. The lowest BCUT2D eigenvalue weighted by Gasteiger charge is -2.42. The number of nitrogen functional groups attached to an aromatic ring is 1. The first-order valence-electron chi connectivity index (χ1n) is 17.9. The Morgan fingerprint density at radius 1 is 0.980 bits per heavy atom. The first kappa shape index (κ1) is 33.7. The lowest BCUT2D eigenvalue weighted by atomic mass is 9.91. The molecule has 49 heavy (non-hydrogen) atoms. The number of rotatable bonds is 7. The number of nitrogens with two attached hydrogens (primary N) is 1. The molecule has 3 N–H and O–H groups in total. The number of likely N-dealkylation sites (N-methyl/N-ethyl adjacent to an activating group) is 1. The third-order valence-corrected chi connectivity index (χ3v) is 12.1. The molecule has 3 atom stereocenters. The zero-order chi connectivity index (χ0) is 34.2. The summed E-state index contributed by atoms with van der Waals surface area (Å²) < 4.78 is 0. The molecule has 0 aliphatic carbocycles. The van der Waals surface area contributed by atoms with Crippen LogP contribution in [0.2, 0.25) is 5.02 Å². The minimum atomic E-state index is -0.543. The summed E-state index contributed by atoms with van der Waals surface area (Å²) in [5.74, 6) is 2.04. The normalized spacial score (nSPS) is 24.3. The van der Waals surface area contributed by atoms with Gasteiger partial charge < -0.3 is 30.7 Å². The Kier molecular flexibility index (Phi) is 9.78. The average Bonchev–Trinajstić information content (AvgIpc) is 3.64. The molecule has 260 valence electrons. The van der Waals surface area contributed by atoms with Gasteiger partial charge in [0.1, 0.15) is 0 Å². The number of urea groups is 1. The average molecular weight is 686 g/mol. The molecule has 2 bridgehead atoms. The van der Waals surface area contributed by atoms with Gasteiger partial charge in [0.2, 0.25) is 11.8 Å². The van der Waals surface area contributed by atoms with E-state index in [1.54, 1.807) is 6.07 Å². The Hall–Kier alpha value is -3.78. The standard InChI is InChI=1S/C38H48ClN7O3/c1-3-26-18-25(20-33(39)36(26)40)19-28(37(48)44-15-11-30(12-16-44)46-24-31-22-32(46)23-42(31)2)21-35(47)43-13-9-29(10-14-43)45-17-8-27-6-4-5-7-34(27)41-38(45)49/h1,4-7,18,20,28-32H,8-17,19,21-24,40H2,2H3,(H,41,49)/t28-,31?,32?/m0/s1. The number of piperidine rings is 2. The molecule has 0 radical (unpaired) electrons. The molecule has 0 spiro atoms. The van der Waals surface area contributed by atoms with Crippen LogP contribution in [0.3, 0.4) is 0 Å². The fourth-order valence-corrected chi connectivity index (χ4v) is 9.21. The summed E-state index contributed by atoms with van der Waals surface area (Å²) in [7, 11) is 2.22. The first-order valence-corrected chi connectivity index (χ1v) is 18.3. The number of hydrogen-bond donors (Lipinski definition) is 2. The molecule has 2 unspecified atom stereocenters. The van der Waals surface area contributed by atoms with Crippen molar-refractivity contribution in [3.63, 3.8) is 0 Å². The quantitative estimate of drug-likeness (QED) is 0.339. The molecular weight excluding hydrogens is 638 g/mol. The zero-order valence-corrected chi connectivity index (χ0v) is 29.2. The number of para-hydroxylation sites is 1. The Bertz CT molecular complexity index is 1630. The van der Waals surface area contributed by atoms with Gasteiger partial charge >= 0.3 is 6.03 Å². The molecule has 0 saturated carbocycles. The van der Waals surface area contributed by atoms with Crippen molar-refractivity contribution in [3.05, 3.63) is 58.1 Å². The van der Waals surface area contributed by atoms with Crippen LogP contribution in [0.1, 0.15) is 55.2 Å². The summed E-state index contributed by atoms with van der Waals surface area (Å²) >= 11 is 6.44. The lowest BCUT2D eigenvalue weighted by Crippen LogP contribution is -2.54. The maximum Gasteiger partial charge on any atom is 0.322 e. The molecule has 0 aromatic heterocycles. The number of likely N-dealkylation sites (tertiary alicyclic amines) is 4. The molecule has 2 aromatic carbocycles. The highest BCUT2D eigenvalue weighted by molar-refractivity contribution is 6.33. The van der Waals surface area contributed by atoms with E-state index < -0.39 is 5.92 Å². The molecule has 5 aliphatic heterocycles. The Morgan fingerprint density at radius 2 is 1.69 bits per heavy atom. The molecule has 4 saturated heterocycles. The summed E-state index contributed by atoms with van der Waals surface area (Å²) in [6.07, 6.45) is 11.5. The van der Waals surface area contributed by atoms with Crippen molar-refractivity contribution < 1.29 is 14.4 Å². The molecular formula is C38H48ClN7O3. The molecule has 10 nitrogen and oxygen atoms in total. The van der Waals surface area contributed by atoms with Crippen molar-refractivity contribution in [1.82, 2.24) is 24.5 Å². The Balaban J connectivity index is 0.995. The number of terminal acetylenes is 1. The Morgan fingerprint density at radius 3 is 2.39 bits per heavy atom. The van der Waals surface area contributed by atoms with Gasteiger partial charge in [-0.1, -0.05) is 35.7 Å². The summed E-state index contributed by atoms with van der Waals surface area (Å²) in [5, 5.41) is 3.43. The van der Waals surface area contributed by atoms with E-state index in [4.69, 9.17) is 23.8 Å². The SMILES string of the molecule is C#Cc1cc(C[C@@H](CC(=O)N2CCC(N3CCc4ccccc4NC3=O)CC2)C(=O)N2CCC(N3CC4CC3CN4C)CC2)cc(Cl)c1N. The number of nitrogens with zero attached hydrogens (tertiary/aromatic N) is 5. The van der Waals surface area contributed by atoms with Gasteiger partial charge in [-0.05, 0) is 81.3 Å². The van der Waals surface area contributed by atoms with Crippen LogP contribution in [-0.2, 0) is 22.4 Å². The third-order valence-electron chi connectivity index (χ3n) is 11.8. The summed E-state index contributed by atoms with van der Waals surface area (Å²) in [6, 6.07) is 13.3. The molecule has 7 rings (SSSR count). The van der Waals surface area contributed by atoms with E-state index in [0.29, 0.717) is 86.4 Å². The topological polar surface area (TPSA) is 105 Å². The predicted octanol–water partition coefficient (Wildman–Crippen LogP) is 3.91. The number of carbonyl (C=O) groups is 3. The van der Waals surface area contributed by atoms with Crippen LogP contribution in [0.15, 0.2) is 36.4 Å². The van der Waals surface area contributed by atoms with Gasteiger partial charge in [-0.2, -0.15) is 0 Å². The van der Waals surface area contributed by atoms with E-state index in [-0.39, 0.29) is 30.3 Å². The van der Waals surface area contributed by atoms with E-state index >= 15 is 0 Å². The highest BCUT2D eigenvalue weighted by Gasteiger charge is 2.45. The number of hydrogen-bond acceptors (Lipinski definition) is 6. The number of nitrogens with one attached hydrogen (secondary N) is 1. The van der Waals surface area contributed by atoms with Gasteiger partial charge in [0.05, 0.1) is 16.6 Å². The minimum absolute atomic E-state index is 0.0142. The van der Waals surface area contributed by atoms with Crippen LogP contribution >= 0.6 is 11.6 Å². The van der Waals surface area contributed by atoms with Crippen molar-refractivity contribution in [2.24, 2.45) is 5.92 Å². The van der Waals surface area contributed by atoms with Gasteiger partial charge in [-0.3, -0.25) is 14.5 Å². The summed E-state index contributed by atoms with van der Waals surface area (Å²) in [5.41, 5.74) is 9.76. The zero-order valence-electron chi connectivity index (χ0n) is 28.5. The van der Waals surface area contributed by atoms with Crippen molar-refractivity contribution in [3.8, 4) is 12.3 Å². The molecule has 11 heteroatoms. The van der Waals surface area contributed by atoms with Crippen LogP contribution in [-0.4, -0.2) is 119 Å². The van der Waals surface area contributed by atoms with Crippen molar-refractivity contribution in [1.29, 1.82) is 0 Å². The van der Waals surface area contributed by atoms with Gasteiger partial charge in [0, 0.05) is 87.7 Å². The fraction of sp³-hybridized carbons (Fsp3) is 0.553. The summed E-state index contributed by atoms with van der Waals surface area (Å²) in [4.78, 5) is 52.2. The summed E-state index contributed by atoms with van der Waals surface area (Å²) in [6.45, 7) is 5.40. The van der Waals surface area contributed by atoms with Crippen molar-refractivity contribution in [2.45, 2.75) is 75.5 Å². The highest BCUT2D eigenvalue weighted by Crippen LogP contribution is 2.35. The molecule has 4 amide bonds. The number of anilines is 2. The third kappa shape index (κ3) is 6.99. The van der Waals surface area contributed by atoms with Crippen molar-refractivity contribution in [2.75, 3.05) is 63.9 Å². The number of benzene rings is 2. The largest absolute Gasteiger partial charge is 0.397 e. The van der Waals surface area contributed by atoms with E-state index in [9.17, 15) is 14.4 Å². The van der Waals surface area contributed by atoms with Crippen LogP contribution in [0, 0.1) is 18.3 Å². The lowest BCUT2D eigenvalue weighted by molar-refractivity contribution is -0.143. The number of carbonyl (C=O) groups excluding carboxylic acids is 3. The highest BCUT2D eigenvalue weighted by atomic mass is 35.5. The second-order valence-electron chi connectivity index (χ2n) is 14.7. The van der Waals surface area contributed by atoms with Crippen LogP contribution in [0.4, 0.5) is 16.2 Å². The van der Waals surface area contributed by atoms with E-state index in [2.05, 4.69) is 34.2 Å². The van der Waals surface area contributed by atoms with Gasteiger partial charge in [0.25, 0.3) is 0 Å². The maximum absolute atomic E-state index is 14.2. The van der Waals surface area contributed by atoms with Gasteiger partial charge in [0.15, 0.2) is 0 Å². The van der Waals surface area contributed by atoms with Crippen LogP contribution < -0.4 is 11.1 Å². The van der Waals surface area contributed by atoms with E-state index in [1.807, 2.05) is 39.0 Å². The number of amides is 4. The monoisotopic (exact) mass is 685 g/mol. The van der Waals surface area contributed by atoms with Crippen LogP contribution in [0.5, 0.6) is 0 Å². The van der Waals surface area contributed by atoms with E-state index in [1.165, 1.54) is 6.42 Å². The minimum Gasteiger partial charge on any atom is -0.397 e. The van der Waals surface area contributed by atoms with Gasteiger partial charge in [-0.25, -0.2) is 4.79 Å². The molecule has 5 heterocycles. The van der Waals surface area contributed by atoms with Gasteiger partial charge in [-0.15, -0.1) is 6.42 Å². The number of halogens is 1. The van der Waals surface area contributed by atoms with E-state index in [0.717, 1.165) is 49.2 Å². The predicted molar refractivity (Wildman–Crippen MR) is 192 cm³/mol. The van der Waals surface area contributed by atoms with Crippen LogP contribution in [0.25, 0.3) is 0 Å².